The number of carbonyl (C=O) groups excluding carboxylic acids is 1. The van der Waals surface area contributed by atoms with Crippen molar-refractivity contribution in [3.05, 3.63) is 23.8 Å². The van der Waals surface area contributed by atoms with Gasteiger partial charge in [0, 0.05) is 12.6 Å². The number of hydrogen-bond donors (Lipinski definition) is 2. The number of nitrogen functional groups attached to an aromatic ring is 1. The normalized spacial score (nSPS) is 21.7. The molecule has 3 rings (SSSR count). The number of nitrogens with two attached hydrogens (primary N) is 1. The third kappa shape index (κ3) is 2.93. The van der Waals surface area contributed by atoms with E-state index in [1.54, 1.807) is 18.2 Å². The molecule has 1 aliphatic carbocycles. The number of ether oxygens (including phenoxy) is 1. The minimum atomic E-state index is -0.393. The second-order valence-electron chi connectivity index (χ2n) is 5.45. The van der Waals surface area contributed by atoms with Crippen LogP contribution in [0.4, 0.5) is 11.4 Å². The molecule has 1 aliphatic heterocycles. The number of amides is 1. The van der Waals surface area contributed by atoms with E-state index >= 15 is 0 Å². The zero-order valence-electron chi connectivity index (χ0n) is 11.7. The van der Waals surface area contributed by atoms with Crippen LogP contribution in [0.3, 0.4) is 0 Å². The van der Waals surface area contributed by atoms with Crippen molar-refractivity contribution in [1.82, 2.24) is 5.32 Å². The molecule has 1 atom stereocenters. The van der Waals surface area contributed by atoms with Gasteiger partial charge >= 0.3 is 0 Å². The number of nitriles is 1. The standard InChI is InChI=1S/C15H18N4O2/c16-8-10-1-4-12(17)13(7-10)19-5-6-21-9-14(19)15(20)18-11-2-3-11/h1,4,7,11,14H,2-3,5-6,9,17H2,(H,18,20). The van der Waals surface area contributed by atoms with Gasteiger partial charge in [0.2, 0.25) is 5.91 Å². The second kappa shape index (κ2) is 5.62. The van der Waals surface area contributed by atoms with Gasteiger partial charge in [-0.05, 0) is 31.0 Å². The van der Waals surface area contributed by atoms with Gasteiger partial charge in [-0.25, -0.2) is 0 Å². The highest BCUT2D eigenvalue weighted by molar-refractivity contribution is 5.87. The van der Waals surface area contributed by atoms with Crippen LogP contribution in [0.1, 0.15) is 18.4 Å². The maximum Gasteiger partial charge on any atom is 0.245 e. The average Bonchev–Trinajstić information content (AvgIpc) is 3.32. The Morgan fingerprint density at radius 1 is 1.48 bits per heavy atom. The molecule has 2 aliphatic rings. The van der Waals surface area contributed by atoms with Gasteiger partial charge in [0.25, 0.3) is 0 Å². The smallest absolute Gasteiger partial charge is 0.245 e. The molecule has 1 heterocycles. The van der Waals surface area contributed by atoms with Crippen LogP contribution in [0, 0.1) is 11.3 Å². The van der Waals surface area contributed by atoms with Crippen molar-refractivity contribution in [2.75, 3.05) is 30.4 Å². The first-order valence-corrected chi connectivity index (χ1v) is 7.13. The Hall–Kier alpha value is -2.26. The molecule has 1 aromatic carbocycles. The van der Waals surface area contributed by atoms with Crippen LogP contribution in [-0.2, 0) is 9.53 Å². The lowest BCUT2D eigenvalue weighted by atomic mass is 10.1. The summed E-state index contributed by atoms with van der Waals surface area (Å²) in [5.74, 6) is -0.0287. The molecular weight excluding hydrogens is 268 g/mol. The van der Waals surface area contributed by atoms with Gasteiger partial charge < -0.3 is 20.7 Å². The number of morpholine rings is 1. The molecule has 1 saturated carbocycles. The van der Waals surface area contributed by atoms with E-state index in [0.717, 1.165) is 18.5 Å². The number of hydrogen-bond acceptors (Lipinski definition) is 5. The van der Waals surface area contributed by atoms with Crippen molar-refractivity contribution in [1.29, 1.82) is 5.26 Å². The number of nitrogens with zero attached hydrogens (tertiary/aromatic N) is 2. The molecule has 1 aromatic rings. The van der Waals surface area contributed by atoms with Gasteiger partial charge in [-0.3, -0.25) is 4.79 Å². The third-order valence-corrected chi connectivity index (χ3v) is 3.82. The first-order chi connectivity index (χ1) is 10.2. The lowest BCUT2D eigenvalue weighted by Crippen LogP contribution is -2.54. The lowest BCUT2D eigenvalue weighted by molar-refractivity contribution is -0.124. The third-order valence-electron chi connectivity index (χ3n) is 3.82. The van der Waals surface area contributed by atoms with Crippen LogP contribution in [0.2, 0.25) is 0 Å². The molecular formula is C15H18N4O2. The zero-order valence-corrected chi connectivity index (χ0v) is 11.7. The predicted molar refractivity (Wildman–Crippen MR) is 78.7 cm³/mol. The van der Waals surface area contributed by atoms with Crippen LogP contribution in [0.25, 0.3) is 0 Å². The van der Waals surface area contributed by atoms with E-state index in [1.807, 2.05) is 4.90 Å². The molecule has 0 bridgehead atoms. The average molecular weight is 286 g/mol. The molecule has 0 aromatic heterocycles. The van der Waals surface area contributed by atoms with Gasteiger partial charge in [-0.15, -0.1) is 0 Å². The molecule has 110 valence electrons. The van der Waals surface area contributed by atoms with Crippen LogP contribution in [-0.4, -0.2) is 37.7 Å². The molecule has 2 fully saturated rings. The predicted octanol–water partition coefficient (Wildman–Crippen LogP) is 0.624. The Bertz CT molecular complexity index is 592. The number of anilines is 2. The Labute approximate surface area is 123 Å². The van der Waals surface area contributed by atoms with Crippen molar-refractivity contribution >= 4 is 17.3 Å². The number of nitrogens with one attached hydrogen (secondary N) is 1. The number of benzene rings is 1. The minimum absolute atomic E-state index is 0.0287. The first kappa shape index (κ1) is 13.7. The molecule has 6 heteroatoms. The van der Waals surface area contributed by atoms with Crippen molar-refractivity contribution < 1.29 is 9.53 Å². The van der Waals surface area contributed by atoms with E-state index in [2.05, 4.69) is 11.4 Å². The van der Waals surface area contributed by atoms with Crippen molar-refractivity contribution in [2.24, 2.45) is 0 Å². The molecule has 1 unspecified atom stereocenters. The Kier molecular flexibility index (Phi) is 3.67. The van der Waals surface area contributed by atoms with Gasteiger partial charge in [-0.2, -0.15) is 5.26 Å². The monoisotopic (exact) mass is 286 g/mol. The molecule has 6 nitrogen and oxygen atoms in total. The van der Waals surface area contributed by atoms with Crippen molar-refractivity contribution in [3.8, 4) is 6.07 Å². The molecule has 0 spiro atoms. The van der Waals surface area contributed by atoms with Gasteiger partial charge in [0.1, 0.15) is 6.04 Å². The van der Waals surface area contributed by atoms with E-state index in [0.29, 0.717) is 37.1 Å². The SMILES string of the molecule is N#Cc1ccc(N)c(N2CCOCC2C(=O)NC2CC2)c1. The summed E-state index contributed by atoms with van der Waals surface area (Å²) in [5.41, 5.74) is 7.86. The topological polar surface area (TPSA) is 91.4 Å². The molecule has 3 N–H and O–H groups in total. The summed E-state index contributed by atoms with van der Waals surface area (Å²) in [5, 5.41) is 12.0. The summed E-state index contributed by atoms with van der Waals surface area (Å²) in [4.78, 5) is 14.3. The van der Waals surface area contributed by atoms with Crippen LogP contribution in [0.5, 0.6) is 0 Å². The van der Waals surface area contributed by atoms with Crippen LogP contribution in [0.15, 0.2) is 18.2 Å². The Balaban J connectivity index is 1.86. The zero-order chi connectivity index (χ0) is 14.8. The largest absolute Gasteiger partial charge is 0.397 e. The first-order valence-electron chi connectivity index (χ1n) is 7.13. The Morgan fingerprint density at radius 2 is 2.29 bits per heavy atom. The van der Waals surface area contributed by atoms with Crippen LogP contribution < -0.4 is 16.0 Å². The van der Waals surface area contributed by atoms with Crippen molar-refractivity contribution in [3.63, 3.8) is 0 Å². The van der Waals surface area contributed by atoms with Crippen molar-refractivity contribution in [2.45, 2.75) is 24.9 Å². The summed E-state index contributed by atoms with van der Waals surface area (Å²) >= 11 is 0. The molecule has 1 amide bonds. The highest BCUT2D eigenvalue weighted by Crippen LogP contribution is 2.28. The summed E-state index contributed by atoms with van der Waals surface area (Å²) in [6.45, 7) is 1.47. The van der Waals surface area contributed by atoms with E-state index in [4.69, 9.17) is 15.7 Å². The maximum absolute atomic E-state index is 12.4. The molecule has 1 saturated heterocycles. The fourth-order valence-corrected chi connectivity index (χ4v) is 2.50. The fourth-order valence-electron chi connectivity index (χ4n) is 2.50. The minimum Gasteiger partial charge on any atom is -0.397 e. The fraction of sp³-hybridized carbons (Fsp3) is 0.467. The number of carbonyl (C=O) groups is 1. The highest BCUT2D eigenvalue weighted by Gasteiger charge is 2.34. The van der Waals surface area contributed by atoms with Gasteiger partial charge in [-0.1, -0.05) is 0 Å². The van der Waals surface area contributed by atoms with E-state index < -0.39 is 6.04 Å². The van der Waals surface area contributed by atoms with Crippen LogP contribution >= 0.6 is 0 Å². The summed E-state index contributed by atoms with van der Waals surface area (Å²) < 4.78 is 5.45. The molecule has 21 heavy (non-hydrogen) atoms. The van der Waals surface area contributed by atoms with E-state index in [-0.39, 0.29) is 5.91 Å². The molecule has 0 radical (unpaired) electrons. The van der Waals surface area contributed by atoms with Gasteiger partial charge in [0.05, 0.1) is 36.2 Å². The van der Waals surface area contributed by atoms with Gasteiger partial charge in [0.15, 0.2) is 0 Å². The summed E-state index contributed by atoms with van der Waals surface area (Å²) in [6.07, 6.45) is 2.09. The second-order valence-corrected chi connectivity index (χ2v) is 5.45. The number of rotatable bonds is 3. The summed E-state index contributed by atoms with van der Waals surface area (Å²) in [6, 6.07) is 7.14. The maximum atomic E-state index is 12.4. The highest BCUT2D eigenvalue weighted by atomic mass is 16.5. The van der Waals surface area contributed by atoms with E-state index in [9.17, 15) is 4.79 Å². The van der Waals surface area contributed by atoms with E-state index in [1.165, 1.54) is 0 Å². The Morgan fingerprint density at radius 3 is 3.00 bits per heavy atom. The lowest BCUT2D eigenvalue weighted by Gasteiger charge is -2.37. The quantitative estimate of drug-likeness (QED) is 0.795. The summed E-state index contributed by atoms with van der Waals surface area (Å²) in [7, 11) is 0.